The van der Waals surface area contributed by atoms with E-state index >= 15 is 0 Å². The highest BCUT2D eigenvalue weighted by Gasteiger charge is 2.27. The Labute approximate surface area is 153 Å². The second kappa shape index (κ2) is 7.40. The maximum Gasteiger partial charge on any atom is 0.134 e. The molecule has 0 saturated carbocycles. The summed E-state index contributed by atoms with van der Waals surface area (Å²) in [4.78, 5) is 2.45. The van der Waals surface area contributed by atoms with Crippen molar-refractivity contribution in [2.75, 3.05) is 33.9 Å². The fraction of sp³-hybridized carbons (Fsp3) is 0.333. The molecule has 136 valence electrons. The van der Waals surface area contributed by atoms with Crippen molar-refractivity contribution in [3.8, 4) is 11.5 Å². The van der Waals surface area contributed by atoms with Crippen molar-refractivity contribution in [2.24, 2.45) is 0 Å². The summed E-state index contributed by atoms with van der Waals surface area (Å²) >= 11 is 0. The maximum atomic E-state index is 6.06. The molecular weight excluding hydrogens is 328 g/mol. The highest BCUT2D eigenvalue weighted by Crippen LogP contribution is 2.32. The number of hydrogen-bond donors (Lipinski definition) is 1. The van der Waals surface area contributed by atoms with Crippen molar-refractivity contribution in [1.29, 1.82) is 0 Å². The van der Waals surface area contributed by atoms with Crippen molar-refractivity contribution in [1.82, 2.24) is 10.2 Å². The number of furan rings is 1. The molecule has 0 spiro atoms. The minimum Gasteiger partial charge on any atom is -0.497 e. The van der Waals surface area contributed by atoms with E-state index in [2.05, 4.69) is 28.4 Å². The molecule has 4 rings (SSSR count). The van der Waals surface area contributed by atoms with Crippen LogP contribution in [0.15, 0.2) is 52.9 Å². The molecule has 1 N–H and O–H groups in total. The highest BCUT2D eigenvalue weighted by molar-refractivity contribution is 5.79. The van der Waals surface area contributed by atoms with Crippen molar-refractivity contribution in [3.05, 3.63) is 59.9 Å². The van der Waals surface area contributed by atoms with E-state index in [4.69, 9.17) is 13.9 Å². The average Bonchev–Trinajstić information content (AvgIpc) is 3.09. The van der Waals surface area contributed by atoms with Crippen molar-refractivity contribution >= 4 is 11.0 Å². The quantitative estimate of drug-likeness (QED) is 0.760. The molecule has 1 saturated heterocycles. The number of piperazine rings is 1. The van der Waals surface area contributed by atoms with Crippen LogP contribution in [0.1, 0.15) is 17.4 Å². The number of benzene rings is 2. The molecule has 0 amide bonds. The van der Waals surface area contributed by atoms with Gasteiger partial charge in [-0.05, 0) is 30.3 Å². The molecule has 2 aromatic carbocycles. The Kier molecular flexibility index (Phi) is 4.82. The van der Waals surface area contributed by atoms with Crippen LogP contribution in [0.3, 0.4) is 0 Å². The van der Waals surface area contributed by atoms with Gasteiger partial charge in [-0.25, -0.2) is 0 Å². The van der Waals surface area contributed by atoms with Gasteiger partial charge in [-0.3, -0.25) is 4.90 Å². The summed E-state index contributed by atoms with van der Waals surface area (Å²) in [5, 5.41) is 4.57. The van der Waals surface area contributed by atoms with Gasteiger partial charge in [0.2, 0.25) is 0 Å². The van der Waals surface area contributed by atoms with Crippen LogP contribution in [0.25, 0.3) is 11.0 Å². The molecule has 0 bridgehead atoms. The molecule has 1 fully saturated rings. The normalized spacial score (nSPS) is 18.2. The highest BCUT2D eigenvalue weighted by atomic mass is 16.5. The van der Waals surface area contributed by atoms with Gasteiger partial charge in [0.05, 0.1) is 26.8 Å². The Hall–Kier alpha value is -2.50. The molecule has 0 radical (unpaired) electrons. The Balaban J connectivity index is 1.61. The second-order valence-electron chi connectivity index (χ2n) is 6.55. The van der Waals surface area contributed by atoms with Crippen LogP contribution < -0.4 is 14.8 Å². The third-order valence-electron chi connectivity index (χ3n) is 4.99. The topological polar surface area (TPSA) is 46.9 Å². The Morgan fingerprint density at radius 1 is 1.12 bits per heavy atom. The van der Waals surface area contributed by atoms with Crippen LogP contribution in [0.4, 0.5) is 0 Å². The predicted octanol–water partition coefficient (Wildman–Crippen LogP) is 3.60. The minimum absolute atomic E-state index is 0.252. The Morgan fingerprint density at radius 2 is 2.00 bits per heavy atom. The average molecular weight is 352 g/mol. The van der Waals surface area contributed by atoms with Gasteiger partial charge < -0.3 is 19.2 Å². The zero-order valence-corrected chi connectivity index (χ0v) is 15.2. The Morgan fingerprint density at radius 3 is 2.85 bits per heavy atom. The zero-order valence-electron chi connectivity index (χ0n) is 15.2. The van der Waals surface area contributed by atoms with Gasteiger partial charge in [0, 0.05) is 30.6 Å². The lowest BCUT2D eigenvalue weighted by Crippen LogP contribution is -2.45. The summed E-state index contributed by atoms with van der Waals surface area (Å²) in [6.45, 7) is 3.60. The van der Waals surface area contributed by atoms with Crippen molar-refractivity contribution in [3.63, 3.8) is 0 Å². The first-order valence-corrected chi connectivity index (χ1v) is 8.92. The first-order valence-electron chi connectivity index (χ1n) is 8.92. The number of rotatable bonds is 5. The molecular formula is C21H24N2O3. The lowest BCUT2D eigenvalue weighted by Gasteiger charge is -2.36. The number of ether oxygens (including phenoxy) is 2. The van der Waals surface area contributed by atoms with Gasteiger partial charge in [-0.1, -0.05) is 18.2 Å². The summed E-state index contributed by atoms with van der Waals surface area (Å²) in [7, 11) is 3.41. The third kappa shape index (κ3) is 3.28. The van der Waals surface area contributed by atoms with E-state index in [1.807, 2.05) is 30.3 Å². The smallest absolute Gasteiger partial charge is 0.134 e. The number of fused-ring (bicyclic) bond motifs is 1. The largest absolute Gasteiger partial charge is 0.497 e. The van der Waals surface area contributed by atoms with Crippen LogP contribution in [-0.4, -0.2) is 38.8 Å². The van der Waals surface area contributed by atoms with Crippen LogP contribution in [0.5, 0.6) is 11.5 Å². The van der Waals surface area contributed by atoms with Crippen LogP contribution in [0, 0.1) is 0 Å². The lowest BCUT2D eigenvalue weighted by atomic mass is 10.0. The molecule has 1 aromatic heterocycles. The Bertz CT molecular complexity index is 890. The SMILES string of the molecule is COc1ccc2oc(CN3CCNCC3c3ccccc3OC)cc2c1. The molecule has 1 aliphatic heterocycles. The fourth-order valence-corrected chi connectivity index (χ4v) is 3.67. The standard InChI is InChI=1S/C21H24N2O3/c1-24-16-7-8-20-15(11-16)12-17(26-20)14-23-10-9-22-13-19(23)18-5-3-4-6-21(18)25-2/h3-8,11-12,19,22H,9-10,13-14H2,1-2H3. The second-order valence-corrected chi connectivity index (χ2v) is 6.55. The summed E-state index contributed by atoms with van der Waals surface area (Å²) in [5.74, 6) is 2.74. The monoisotopic (exact) mass is 352 g/mol. The molecule has 5 heteroatoms. The predicted molar refractivity (Wildman–Crippen MR) is 102 cm³/mol. The molecule has 1 atom stereocenters. The van der Waals surface area contributed by atoms with Gasteiger partial charge in [0.25, 0.3) is 0 Å². The van der Waals surface area contributed by atoms with Crippen LogP contribution in [0.2, 0.25) is 0 Å². The molecule has 2 heterocycles. The van der Waals surface area contributed by atoms with Crippen molar-refractivity contribution in [2.45, 2.75) is 12.6 Å². The van der Waals surface area contributed by atoms with Crippen LogP contribution in [-0.2, 0) is 6.54 Å². The fourth-order valence-electron chi connectivity index (χ4n) is 3.67. The summed E-state index contributed by atoms with van der Waals surface area (Å²) in [6, 6.07) is 16.5. The molecule has 5 nitrogen and oxygen atoms in total. The van der Waals surface area contributed by atoms with E-state index in [0.717, 1.165) is 54.4 Å². The first-order chi connectivity index (χ1) is 12.8. The minimum atomic E-state index is 0.252. The summed E-state index contributed by atoms with van der Waals surface area (Å²) < 4.78 is 16.9. The number of methoxy groups -OCH3 is 2. The van der Waals surface area contributed by atoms with Gasteiger partial charge >= 0.3 is 0 Å². The van der Waals surface area contributed by atoms with E-state index in [-0.39, 0.29) is 6.04 Å². The summed E-state index contributed by atoms with van der Waals surface area (Å²) in [5.41, 5.74) is 2.10. The van der Waals surface area contributed by atoms with E-state index in [1.165, 1.54) is 5.56 Å². The van der Waals surface area contributed by atoms with Gasteiger partial charge in [0.1, 0.15) is 22.8 Å². The zero-order chi connectivity index (χ0) is 17.9. The van der Waals surface area contributed by atoms with Crippen molar-refractivity contribution < 1.29 is 13.9 Å². The molecule has 26 heavy (non-hydrogen) atoms. The van der Waals surface area contributed by atoms with Gasteiger partial charge in [0.15, 0.2) is 0 Å². The number of hydrogen-bond acceptors (Lipinski definition) is 5. The van der Waals surface area contributed by atoms with E-state index < -0.39 is 0 Å². The molecule has 1 unspecified atom stereocenters. The van der Waals surface area contributed by atoms with Gasteiger partial charge in [-0.15, -0.1) is 0 Å². The van der Waals surface area contributed by atoms with Crippen LogP contribution >= 0.6 is 0 Å². The lowest BCUT2D eigenvalue weighted by molar-refractivity contribution is 0.141. The third-order valence-corrected chi connectivity index (χ3v) is 4.99. The first kappa shape index (κ1) is 16.9. The van der Waals surface area contributed by atoms with E-state index in [9.17, 15) is 0 Å². The number of para-hydroxylation sites is 1. The van der Waals surface area contributed by atoms with Gasteiger partial charge in [-0.2, -0.15) is 0 Å². The number of nitrogens with zero attached hydrogens (tertiary/aromatic N) is 1. The molecule has 1 aliphatic rings. The van der Waals surface area contributed by atoms with E-state index in [1.54, 1.807) is 14.2 Å². The summed E-state index contributed by atoms with van der Waals surface area (Å²) in [6.07, 6.45) is 0. The number of nitrogens with one attached hydrogen (secondary N) is 1. The van der Waals surface area contributed by atoms with E-state index in [0.29, 0.717) is 0 Å². The maximum absolute atomic E-state index is 6.06. The molecule has 0 aliphatic carbocycles. The molecule has 3 aromatic rings.